The Kier molecular flexibility index (Phi) is 5.30. The normalized spacial score (nSPS) is 18.9. The molecule has 1 saturated carbocycles. The molecule has 0 atom stereocenters. The summed E-state index contributed by atoms with van der Waals surface area (Å²) in [6.07, 6.45) is 5.26. The zero-order valence-electron chi connectivity index (χ0n) is 15.6. The molecule has 1 aromatic carbocycles. The molecule has 1 aromatic rings. The molecular weight excluding hydrogens is 330 g/mol. The SMILES string of the molecule is CCc1ccc(CN(C)C(=O)CN2C(=O)NC3(CCCCC3)C2=O)cc1. The Bertz CT molecular complexity index is 693. The second kappa shape index (κ2) is 7.48. The molecule has 1 aliphatic heterocycles. The summed E-state index contributed by atoms with van der Waals surface area (Å²) >= 11 is 0. The number of hydrogen-bond acceptors (Lipinski definition) is 3. The minimum atomic E-state index is -0.774. The van der Waals surface area contributed by atoms with Gasteiger partial charge >= 0.3 is 6.03 Å². The molecule has 0 bridgehead atoms. The molecule has 1 saturated heterocycles. The van der Waals surface area contributed by atoms with E-state index in [0.717, 1.165) is 36.1 Å². The van der Waals surface area contributed by atoms with Crippen molar-refractivity contribution in [1.82, 2.24) is 15.1 Å². The maximum Gasteiger partial charge on any atom is 0.325 e. The molecular formula is C20H27N3O3. The van der Waals surface area contributed by atoms with Crippen molar-refractivity contribution in [2.45, 2.75) is 57.5 Å². The standard InChI is InChI=1S/C20H27N3O3/c1-3-15-7-9-16(10-8-15)13-22(2)17(24)14-23-18(25)20(21-19(23)26)11-5-4-6-12-20/h7-10H,3-6,11-14H2,1-2H3,(H,21,26). The first kappa shape index (κ1) is 18.4. The van der Waals surface area contributed by atoms with E-state index < -0.39 is 11.6 Å². The molecule has 4 amide bonds. The molecule has 1 spiro atoms. The largest absolute Gasteiger partial charge is 0.340 e. The van der Waals surface area contributed by atoms with Gasteiger partial charge in [0.2, 0.25) is 5.91 Å². The third kappa shape index (κ3) is 3.59. The van der Waals surface area contributed by atoms with Crippen LogP contribution in [0, 0.1) is 0 Å². The summed E-state index contributed by atoms with van der Waals surface area (Å²) in [5.74, 6) is -0.475. The molecule has 1 heterocycles. The minimum Gasteiger partial charge on any atom is -0.340 e. The van der Waals surface area contributed by atoms with Gasteiger partial charge in [0.1, 0.15) is 12.1 Å². The van der Waals surface area contributed by atoms with E-state index in [4.69, 9.17) is 0 Å². The van der Waals surface area contributed by atoms with Crippen LogP contribution in [0.1, 0.15) is 50.2 Å². The van der Waals surface area contributed by atoms with Gasteiger partial charge in [0.05, 0.1) is 0 Å². The smallest absolute Gasteiger partial charge is 0.325 e. The number of imide groups is 1. The summed E-state index contributed by atoms with van der Waals surface area (Å²) in [5.41, 5.74) is 1.50. The monoisotopic (exact) mass is 357 g/mol. The lowest BCUT2D eigenvalue weighted by Crippen LogP contribution is -2.49. The number of nitrogens with zero attached hydrogens (tertiary/aromatic N) is 2. The van der Waals surface area contributed by atoms with Crippen molar-refractivity contribution >= 4 is 17.8 Å². The molecule has 0 unspecified atom stereocenters. The van der Waals surface area contributed by atoms with Gasteiger partial charge in [-0.3, -0.25) is 14.5 Å². The van der Waals surface area contributed by atoms with Crippen LogP contribution in [0.15, 0.2) is 24.3 Å². The fourth-order valence-corrected chi connectivity index (χ4v) is 3.81. The molecule has 3 rings (SSSR count). The predicted octanol–water partition coefficient (Wildman–Crippen LogP) is 2.46. The first-order valence-electron chi connectivity index (χ1n) is 9.41. The van der Waals surface area contributed by atoms with E-state index in [1.807, 2.05) is 12.1 Å². The van der Waals surface area contributed by atoms with Crippen molar-refractivity contribution in [3.05, 3.63) is 35.4 Å². The van der Waals surface area contributed by atoms with Crippen LogP contribution in [-0.2, 0) is 22.6 Å². The van der Waals surface area contributed by atoms with E-state index in [1.165, 1.54) is 5.56 Å². The number of likely N-dealkylation sites (N-methyl/N-ethyl adjacent to an activating group) is 1. The zero-order valence-corrected chi connectivity index (χ0v) is 15.6. The van der Waals surface area contributed by atoms with Crippen LogP contribution in [0.4, 0.5) is 4.79 Å². The topological polar surface area (TPSA) is 69.7 Å². The fourth-order valence-electron chi connectivity index (χ4n) is 3.81. The van der Waals surface area contributed by atoms with Crippen LogP contribution in [0.5, 0.6) is 0 Å². The quantitative estimate of drug-likeness (QED) is 0.823. The second-order valence-electron chi connectivity index (χ2n) is 7.38. The van der Waals surface area contributed by atoms with Crippen molar-refractivity contribution in [1.29, 1.82) is 0 Å². The molecule has 140 valence electrons. The van der Waals surface area contributed by atoms with Gasteiger partial charge in [0.25, 0.3) is 5.91 Å². The highest BCUT2D eigenvalue weighted by molar-refractivity contribution is 6.09. The number of benzene rings is 1. The summed E-state index contributed by atoms with van der Waals surface area (Å²) < 4.78 is 0. The number of carbonyl (C=O) groups excluding carboxylic acids is 3. The van der Waals surface area contributed by atoms with Gasteiger partial charge in [-0.2, -0.15) is 0 Å². The summed E-state index contributed by atoms with van der Waals surface area (Å²) in [6, 6.07) is 7.68. The van der Waals surface area contributed by atoms with Crippen molar-refractivity contribution in [3.63, 3.8) is 0 Å². The minimum absolute atomic E-state index is 0.198. The van der Waals surface area contributed by atoms with E-state index in [0.29, 0.717) is 19.4 Å². The highest BCUT2D eigenvalue weighted by atomic mass is 16.2. The number of nitrogens with one attached hydrogen (secondary N) is 1. The van der Waals surface area contributed by atoms with Crippen LogP contribution in [-0.4, -0.2) is 46.8 Å². The average Bonchev–Trinajstić information content (AvgIpc) is 2.87. The van der Waals surface area contributed by atoms with E-state index in [9.17, 15) is 14.4 Å². The van der Waals surface area contributed by atoms with Crippen molar-refractivity contribution in [2.75, 3.05) is 13.6 Å². The van der Waals surface area contributed by atoms with Gasteiger partial charge in [-0.15, -0.1) is 0 Å². The van der Waals surface area contributed by atoms with Crippen LogP contribution in [0.3, 0.4) is 0 Å². The molecule has 1 N–H and O–H groups in total. The highest BCUT2D eigenvalue weighted by Crippen LogP contribution is 2.33. The number of amides is 4. The second-order valence-corrected chi connectivity index (χ2v) is 7.38. The van der Waals surface area contributed by atoms with Crippen molar-refractivity contribution in [3.8, 4) is 0 Å². The van der Waals surface area contributed by atoms with E-state index in [-0.39, 0.29) is 18.4 Å². The van der Waals surface area contributed by atoms with Crippen LogP contribution >= 0.6 is 0 Å². The average molecular weight is 357 g/mol. The molecule has 6 nitrogen and oxygen atoms in total. The number of hydrogen-bond donors (Lipinski definition) is 1. The molecule has 0 radical (unpaired) electrons. The highest BCUT2D eigenvalue weighted by Gasteiger charge is 2.51. The number of urea groups is 1. The Labute approximate surface area is 154 Å². The van der Waals surface area contributed by atoms with Gasteiger partial charge in [-0.25, -0.2) is 4.79 Å². The molecule has 6 heteroatoms. The Morgan fingerprint density at radius 1 is 1.12 bits per heavy atom. The summed E-state index contributed by atoms with van der Waals surface area (Å²) in [6.45, 7) is 2.36. The first-order chi connectivity index (χ1) is 12.4. The lowest BCUT2D eigenvalue weighted by molar-refractivity contribution is -0.139. The third-order valence-corrected chi connectivity index (χ3v) is 5.52. The molecule has 2 aliphatic rings. The lowest BCUT2D eigenvalue weighted by atomic mass is 9.82. The summed E-state index contributed by atoms with van der Waals surface area (Å²) in [5, 5.41) is 2.84. The maximum atomic E-state index is 12.8. The Hall–Kier alpha value is -2.37. The van der Waals surface area contributed by atoms with Crippen molar-refractivity contribution in [2.24, 2.45) is 0 Å². The Morgan fingerprint density at radius 2 is 1.73 bits per heavy atom. The van der Waals surface area contributed by atoms with E-state index in [1.54, 1.807) is 11.9 Å². The van der Waals surface area contributed by atoms with Gasteiger partial charge < -0.3 is 10.2 Å². The molecule has 1 aliphatic carbocycles. The van der Waals surface area contributed by atoms with Gasteiger partial charge in [0.15, 0.2) is 0 Å². The zero-order chi connectivity index (χ0) is 18.7. The van der Waals surface area contributed by atoms with Gasteiger partial charge in [-0.1, -0.05) is 50.5 Å². The number of carbonyl (C=O) groups is 3. The number of aryl methyl sites for hydroxylation is 1. The summed E-state index contributed by atoms with van der Waals surface area (Å²) in [4.78, 5) is 40.2. The molecule has 2 fully saturated rings. The van der Waals surface area contributed by atoms with Crippen LogP contribution < -0.4 is 5.32 Å². The number of rotatable bonds is 5. The Balaban J connectivity index is 1.61. The van der Waals surface area contributed by atoms with Gasteiger partial charge in [0, 0.05) is 13.6 Å². The van der Waals surface area contributed by atoms with Crippen LogP contribution in [0.25, 0.3) is 0 Å². The first-order valence-corrected chi connectivity index (χ1v) is 9.41. The summed E-state index contributed by atoms with van der Waals surface area (Å²) in [7, 11) is 1.70. The molecule has 0 aromatic heterocycles. The van der Waals surface area contributed by atoms with Gasteiger partial charge in [-0.05, 0) is 30.4 Å². The molecule has 26 heavy (non-hydrogen) atoms. The fraction of sp³-hybridized carbons (Fsp3) is 0.550. The van der Waals surface area contributed by atoms with E-state index >= 15 is 0 Å². The van der Waals surface area contributed by atoms with Crippen molar-refractivity contribution < 1.29 is 14.4 Å². The predicted molar refractivity (Wildman–Crippen MR) is 98.4 cm³/mol. The van der Waals surface area contributed by atoms with Crippen LogP contribution in [0.2, 0.25) is 0 Å². The maximum absolute atomic E-state index is 12.8. The Morgan fingerprint density at radius 3 is 2.35 bits per heavy atom. The third-order valence-electron chi connectivity index (χ3n) is 5.52. The lowest BCUT2D eigenvalue weighted by Gasteiger charge is -2.30. The van der Waals surface area contributed by atoms with E-state index in [2.05, 4.69) is 24.4 Å².